The molecule has 1 atom stereocenters. The van der Waals surface area contributed by atoms with Crippen LogP contribution < -0.4 is 0 Å². The number of carbonyl (C=O) groups is 2. The fourth-order valence-corrected chi connectivity index (χ4v) is 3.90. The molecule has 4 nitrogen and oxygen atoms in total. The molecule has 0 bridgehead atoms. The highest BCUT2D eigenvalue weighted by Gasteiger charge is 2.44. The SMILES string of the molecule is CC/C=N/N=C1/c2ccccc2C(=O)C1C(=O)C(c1ccccc1)c1ccccc1. The largest absolute Gasteiger partial charge is 0.297 e. The van der Waals surface area contributed by atoms with Crippen LogP contribution in [0.1, 0.15) is 46.3 Å². The van der Waals surface area contributed by atoms with Crippen LogP contribution in [-0.2, 0) is 4.79 Å². The number of nitrogens with zero attached hydrogens (tertiary/aromatic N) is 2. The van der Waals surface area contributed by atoms with Gasteiger partial charge in [0.25, 0.3) is 0 Å². The lowest BCUT2D eigenvalue weighted by Crippen LogP contribution is -2.31. The molecule has 3 aromatic carbocycles. The van der Waals surface area contributed by atoms with Gasteiger partial charge in [0.2, 0.25) is 0 Å². The minimum absolute atomic E-state index is 0.181. The maximum absolute atomic E-state index is 13.9. The van der Waals surface area contributed by atoms with E-state index in [0.29, 0.717) is 16.8 Å². The molecule has 0 aliphatic heterocycles. The summed E-state index contributed by atoms with van der Waals surface area (Å²) in [6.45, 7) is 1.96. The summed E-state index contributed by atoms with van der Waals surface area (Å²) < 4.78 is 0. The summed E-state index contributed by atoms with van der Waals surface area (Å²) in [5.41, 5.74) is 3.36. The average molecular weight is 394 g/mol. The van der Waals surface area contributed by atoms with Crippen LogP contribution in [0.2, 0.25) is 0 Å². The van der Waals surface area contributed by atoms with Crippen LogP contribution in [0, 0.1) is 5.92 Å². The van der Waals surface area contributed by atoms with E-state index >= 15 is 0 Å². The van der Waals surface area contributed by atoms with Crippen molar-refractivity contribution in [1.82, 2.24) is 0 Å². The average Bonchev–Trinajstić information content (AvgIpc) is 3.07. The van der Waals surface area contributed by atoms with Gasteiger partial charge in [0, 0.05) is 17.3 Å². The Bertz CT molecular complexity index is 1080. The quantitative estimate of drug-likeness (QED) is 0.332. The van der Waals surface area contributed by atoms with Crippen LogP contribution in [0.3, 0.4) is 0 Å². The molecule has 0 amide bonds. The fraction of sp³-hybridized carbons (Fsp3) is 0.154. The van der Waals surface area contributed by atoms with Gasteiger partial charge in [0.05, 0.1) is 11.6 Å². The molecule has 4 rings (SSSR count). The first kappa shape index (κ1) is 19.6. The first-order chi connectivity index (χ1) is 14.7. The summed E-state index contributed by atoms with van der Waals surface area (Å²) >= 11 is 0. The standard InChI is InChI=1S/C26H22N2O2/c1-2-17-27-28-24-20-15-9-10-16-21(20)25(29)23(24)26(30)22(18-11-5-3-6-12-18)19-13-7-4-8-14-19/h3-17,22-23H,2H2,1H3/b27-17+,28-24-. The molecule has 0 fully saturated rings. The van der Waals surface area contributed by atoms with E-state index in [-0.39, 0.29) is 11.6 Å². The Balaban J connectivity index is 1.83. The molecule has 3 aromatic rings. The summed E-state index contributed by atoms with van der Waals surface area (Å²) in [4.78, 5) is 27.2. The van der Waals surface area contributed by atoms with Crippen molar-refractivity contribution in [3.8, 4) is 0 Å². The molecule has 0 spiro atoms. The van der Waals surface area contributed by atoms with Crippen molar-refractivity contribution in [2.45, 2.75) is 19.3 Å². The number of Topliss-reactive ketones (excluding diaryl/α,β-unsaturated/α-hetero) is 2. The zero-order valence-electron chi connectivity index (χ0n) is 16.7. The lowest BCUT2D eigenvalue weighted by Gasteiger charge is -2.20. The monoisotopic (exact) mass is 394 g/mol. The molecule has 0 N–H and O–H groups in total. The van der Waals surface area contributed by atoms with Crippen molar-refractivity contribution in [2.75, 3.05) is 0 Å². The first-order valence-corrected chi connectivity index (χ1v) is 10.1. The Kier molecular flexibility index (Phi) is 5.75. The predicted molar refractivity (Wildman–Crippen MR) is 119 cm³/mol. The van der Waals surface area contributed by atoms with Gasteiger partial charge in [-0.2, -0.15) is 10.2 Å². The van der Waals surface area contributed by atoms with E-state index in [4.69, 9.17) is 0 Å². The second kappa shape index (κ2) is 8.78. The van der Waals surface area contributed by atoms with Crippen LogP contribution in [0.5, 0.6) is 0 Å². The number of hydrogen-bond acceptors (Lipinski definition) is 4. The maximum Gasteiger partial charge on any atom is 0.180 e. The number of fused-ring (bicyclic) bond motifs is 1. The normalized spacial score (nSPS) is 17.1. The van der Waals surface area contributed by atoms with Gasteiger partial charge in [-0.1, -0.05) is 91.9 Å². The van der Waals surface area contributed by atoms with E-state index in [1.54, 1.807) is 12.3 Å². The number of benzene rings is 3. The van der Waals surface area contributed by atoms with Crippen molar-refractivity contribution in [1.29, 1.82) is 0 Å². The van der Waals surface area contributed by atoms with Crippen LogP contribution in [0.4, 0.5) is 0 Å². The molecule has 0 heterocycles. The summed E-state index contributed by atoms with van der Waals surface area (Å²) in [6.07, 6.45) is 2.40. The topological polar surface area (TPSA) is 58.9 Å². The van der Waals surface area contributed by atoms with Gasteiger partial charge in [0.15, 0.2) is 11.6 Å². The highest BCUT2D eigenvalue weighted by molar-refractivity contribution is 6.38. The number of ketones is 2. The number of rotatable bonds is 6. The van der Waals surface area contributed by atoms with Crippen molar-refractivity contribution >= 4 is 23.5 Å². The van der Waals surface area contributed by atoms with Crippen LogP contribution in [-0.4, -0.2) is 23.5 Å². The molecule has 0 saturated carbocycles. The summed E-state index contributed by atoms with van der Waals surface area (Å²) in [5, 5.41) is 8.42. The Morgan fingerprint density at radius 3 is 1.97 bits per heavy atom. The lowest BCUT2D eigenvalue weighted by molar-refractivity contribution is -0.120. The summed E-state index contributed by atoms with van der Waals surface area (Å²) in [7, 11) is 0. The molecule has 30 heavy (non-hydrogen) atoms. The highest BCUT2D eigenvalue weighted by Crippen LogP contribution is 2.35. The molecule has 0 aromatic heterocycles. The molecule has 1 aliphatic carbocycles. The Hall–Kier alpha value is -3.66. The van der Waals surface area contributed by atoms with Crippen LogP contribution >= 0.6 is 0 Å². The Morgan fingerprint density at radius 2 is 1.40 bits per heavy atom. The molecule has 148 valence electrons. The van der Waals surface area contributed by atoms with E-state index in [1.807, 2.05) is 85.8 Å². The second-order valence-electron chi connectivity index (χ2n) is 7.19. The predicted octanol–water partition coefficient (Wildman–Crippen LogP) is 5.09. The molecule has 0 radical (unpaired) electrons. The molecule has 1 aliphatic rings. The van der Waals surface area contributed by atoms with Crippen molar-refractivity contribution < 1.29 is 9.59 Å². The first-order valence-electron chi connectivity index (χ1n) is 10.1. The van der Waals surface area contributed by atoms with Crippen molar-refractivity contribution in [3.63, 3.8) is 0 Å². The number of hydrogen-bond donors (Lipinski definition) is 0. The van der Waals surface area contributed by atoms with E-state index in [0.717, 1.165) is 17.5 Å². The Labute approximate surface area is 176 Å². The smallest absolute Gasteiger partial charge is 0.180 e. The van der Waals surface area contributed by atoms with Crippen molar-refractivity contribution in [3.05, 3.63) is 107 Å². The zero-order valence-corrected chi connectivity index (χ0v) is 16.7. The molecular formula is C26H22N2O2. The zero-order chi connectivity index (χ0) is 20.9. The third-order valence-corrected chi connectivity index (χ3v) is 5.27. The molecular weight excluding hydrogens is 372 g/mol. The fourth-order valence-electron chi connectivity index (χ4n) is 3.90. The minimum Gasteiger partial charge on any atom is -0.297 e. The van der Waals surface area contributed by atoms with Gasteiger partial charge in [-0.15, -0.1) is 0 Å². The van der Waals surface area contributed by atoms with Gasteiger partial charge in [-0.3, -0.25) is 9.59 Å². The second-order valence-corrected chi connectivity index (χ2v) is 7.19. The highest BCUT2D eigenvalue weighted by atomic mass is 16.2. The third-order valence-electron chi connectivity index (χ3n) is 5.27. The number of carbonyl (C=O) groups excluding carboxylic acids is 2. The van der Waals surface area contributed by atoms with E-state index in [2.05, 4.69) is 10.2 Å². The molecule has 0 saturated heterocycles. The lowest BCUT2D eigenvalue weighted by atomic mass is 9.80. The summed E-state index contributed by atoms with van der Waals surface area (Å²) in [6, 6.07) is 26.4. The third kappa shape index (κ3) is 3.64. The van der Waals surface area contributed by atoms with Gasteiger partial charge in [0.1, 0.15) is 5.92 Å². The summed E-state index contributed by atoms with van der Waals surface area (Å²) in [5.74, 6) is -1.92. The molecule has 4 heteroatoms. The van der Waals surface area contributed by atoms with Gasteiger partial charge >= 0.3 is 0 Å². The van der Waals surface area contributed by atoms with Gasteiger partial charge < -0.3 is 0 Å². The van der Waals surface area contributed by atoms with E-state index < -0.39 is 11.8 Å². The Morgan fingerprint density at radius 1 is 0.867 bits per heavy atom. The van der Waals surface area contributed by atoms with Gasteiger partial charge in [-0.05, 0) is 17.5 Å². The maximum atomic E-state index is 13.9. The van der Waals surface area contributed by atoms with Gasteiger partial charge in [-0.25, -0.2) is 0 Å². The van der Waals surface area contributed by atoms with E-state index in [1.165, 1.54) is 0 Å². The van der Waals surface area contributed by atoms with Crippen molar-refractivity contribution in [2.24, 2.45) is 16.1 Å². The van der Waals surface area contributed by atoms with Crippen LogP contribution in [0.15, 0.2) is 95.1 Å². The van der Waals surface area contributed by atoms with Crippen LogP contribution in [0.25, 0.3) is 0 Å². The minimum atomic E-state index is -0.971. The molecule has 1 unspecified atom stereocenters. The van der Waals surface area contributed by atoms with E-state index in [9.17, 15) is 9.59 Å².